The number of amides is 1. The number of hydrazine groups is 1. The Labute approximate surface area is 118 Å². The minimum atomic E-state index is -0.518. The summed E-state index contributed by atoms with van der Waals surface area (Å²) in [5.41, 5.74) is 4.77. The summed E-state index contributed by atoms with van der Waals surface area (Å²) in [5, 5.41) is 13.6. The summed E-state index contributed by atoms with van der Waals surface area (Å²) in [6.45, 7) is 0. The Morgan fingerprint density at radius 2 is 1.76 bits per heavy atom. The number of aromatic nitrogens is 1. The van der Waals surface area contributed by atoms with E-state index < -0.39 is 11.3 Å². The Hall–Kier alpha value is -3.29. The summed E-state index contributed by atoms with van der Waals surface area (Å²) in [5.74, 6) is -0.518. The predicted octanol–water partition coefficient (Wildman–Crippen LogP) is 0.835. The van der Waals surface area contributed by atoms with Gasteiger partial charge in [-0.15, -0.1) is 4.91 Å². The molecule has 2 aromatic rings. The van der Waals surface area contributed by atoms with Crippen molar-refractivity contribution in [1.29, 1.82) is 0 Å². The lowest BCUT2D eigenvalue weighted by Gasteiger charge is -2.06. The standard InChI is InChI=1S/C13H10N4O4/c18-12-4-2-10(16-20)1-3-11(12)14-15-13(19)9-5-7-17(21)8-6-9/h1-8H,(H,14,18)(H,15,19). The molecule has 2 rings (SSSR count). The van der Waals surface area contributed by atoms with Crippen molar-refractivity contribution >= 4 is 17.3 Å². The monoisotopic (exact) mass is 286 g/mol. The Morgan fingerprint density at radius 1 is 1.10 bits per heavy atom. The van der Waals surface area contributed by atoms with E-state index in [2.05, 4.69) is 16.0 Å². The second-order valence-corrected chi connectivity index (χ2v) is 3.99. The van der Waals surface area contributed by atoms with Gasteiger partial charge in [0.2, 0.25) is 5.43 Å². The van der Waals surface area contributed by atoms with Crippen molar-refractivity contribution in [3.05, 3.63) is 74.7 Å². The number of nitrogens with one attached hydrogen (secondary N) is 2. The minimum absolute atomic E-state index is 0.0769. The van der Waals surface area contributed by atoms with E-state index in [-0.39, 0.29) is 16.9 Å². The van der Waals surface area contributed by atoms with Crippen molar-refractivity contribution in [2.24, 2.45) is 5.18 Å². The van der Waals surface area contributed by atoms with E-state index in [0.717, 1.165) is 6.07 Å². The van der Waals surface area contributed by atoms with Gasteiger partial charge in [-0.05, 0) is 29.4 Å². The zero-order chi connectivity index (χ0) is 15.2. The first-order chi connectivity index (χ1) is 10.1. The van der Waals surface area contributed by atoms with Crippen LogP contribution in [0.25, 0.3) is 0 Å². The van der Waals surface area contributed by atoms with Crippen molar-refractivity contribution in [2.75, 3.05) is 5.43 Å². The van der Waals surface area contributed by atoms with Crippen LogP contribution in [-0.4, -0.2) is 5.91 Å². The zero-order valence-electron chi connectivity index (χ0n) is 10.6. The van der Waals surface area contributed by atoms with E-state index in [1.807, 2.05) is 0 Å². The van der Waals surface area contributed by atoms with Gasteiger partial charge >= 0.3 is 0 Å². The van der Waals surface area contributed by atoms with Crippen LogP contribution in [0.1, 0.15) is 10.4 Å². The van der Waals surface area contributed by atoms with E-state index in [4.69, 9.17) is 0 Å². The third kappa shape index (κ3) is 3.60. The maximum absolute atomic E-state index is 11.8. The number of hydrogen-bond donors (Lipinski definition) is 2. The summed E-state index contributed by atoms with van der Waals surface area (Å²) >= 11 is 0. The van der Waals surface area contributed by atoms with E-state index in [9.17, 15) is 19.7 Å². The largest absolute Gasteiger partial charge is 0.619 e. The molecular weight excluding hydrogens is 276 g/mol. The molecule has 8 nitrogen and oxygen atoms in total. The van der Waals surface area contributed by atoms with Gasteiger partial charge < -0.3 is 5.21 Å². The molecule has 0 radical (unpaired) electrons. The highest BCUT2D eigenvalue weighted by atomic mass is 16.5. The predicted molar refractivity (Wildman–Crippen MR) is 74.7 cm³/mol. The van der Waals surface area contributed by atoms with Gasteiger partial charge in [-0.2, -0.15) is 4.73 Å². The van der Waals surface area contributed by atoms with Crippen molar-refractivity contribution in [1.82, 2.24) is 5.43 Å². The average molecular weight is 286 g/mol. The number of carbonyl (C=O) groups is 1. The molecule has 106 valence electrons. The summed E-state index contributed by atoms with van der Waals surface area (Å²) < 4.78 is 0.547. The van der Waals surface area contributed by atoms with Gasteiger partial charge in [0.25, 0.3) is 5.91 Å². The lowest BCUT2D eigenvalue weighted by molar-refractivity contribution is -0.605. The van der Waals surface area contributed by atoms with Crippen LogP contribution in [0.2, 0.25) is 0 Å². The quantitative estimate of drug-likeness (QED) is 0.374. The van der Waals surface area contributed by atoms with Crippen LogP contribution in [0, 0.1) is 10.1 Å². The van der Waals surface area contributed by atoms with Crippen LogP contribution in [0.4, 0.5) is 11.4 Å². The van der Waals surface area contributed by atoms with Crippen molar-refractivity contribution in [3.8, 4) is 0 Å². The Bertz CT molecular complexity index is 731. The highest BCUT2D eigenvalue weighted by molar-refractivity contribution is 5.94. The van der Waals surface area contributed by atoms with Crippen molar-refractivity contribution in [2.45, 2.75) is 0 Å². The molecule has 0 aliphatic heterocycles. The number of hydrogen-bond acceptors (Lipinski definition) is 6. The normalized spacial score (nSPS) is 9.71. The second-order valence-electron chi connectivity index (χ2n) is 3.99. The fourth-order valence-corrected chi connectivity index (χ4v) is 1.48. The molecule has 1 aromatic carbocycles. The third-order valence-corrected chi connectivity index (χ3v) is 2.57. The molecule has 0 unspecified atom stereocenters. The van der Waals surface area contributed by atoms with E-state index in [1.165, 1.54) is 42.7 Å². The van der Waals surface area contributed by atoms with Gasteiger partial charge in [0, 0.05) is 12.1 Å². The van der Waals surface area contributed by atoms with E-state index in [0.29, 0.717) is 4.73 Å². The van der Waals surface area contributed by atoms with Gasteiger partial charge in [-0.3, -0.25) is 20.4 Å². The molecule has 1 aromatic heterocycles. The summed E-state index contributed by atoms with van der Waals surface area (Å²) in [6.07, 6.45) is 2.36. The molecule has 0 atom stereocenters. The molecule has 21 heavy (non-hydrogen) atoms. The van der Waals surface area contributed by atoms with Crippen LogP contribution in [-0.2, 0) is 0 Å². The fourth-order valence-electron chi connectivity index (χ4n) is 1.48. The SMILES string of the molecule is O=Nc1ccc(NNC(=O)c2cc[n+]([O-])cc2)c(=O)cc1. The molecule has 0 spiro atoms. The molecular formula is C13H10N4O4. The fraction of sp³-hybridized carbons (Fsp3) is 0. The molecule has 0 saturated heterocycles. The maximum atomic E-state index is 11.8. The van der Waals surface area contributed by atoms with Crippen LogP contribution in [0.3, 0.4) is 0 Å². The van der Waals surface area contributed by atoms with Crippen LogP contribution < -0.4 is 21.0 Å². The Kier molecular flexibility index (Phi) is 4.20. The minimum Gasteiger partial charge on any atom is -0.619 e. The average Bonchev–Trinajstić information content (AvgIpc) is 2.67. The second kappa shape index (κ2) is 6.24. The van der Waals surface area contributed by atoms with Gasteiger partial charge in [0.05, 0.1) is 5.56 Å². The third-order valence-electron chi connectivity index (χ3n) is 2.57. The lowest BCUT2D eigenvalue weighted by atomic mass is 10.2. The van der Waals surface area contributed by atoms with Gasteiger partial charge in [0.15, 0.2) is 12.4 Å². The molecule has 0 aliphatic carbocycles. The smallest absolute Gasteiger partial charge is 0.270 e. The van der Waals surface area contributed by atoms with Crippen LogP contribution in [0.15, 0.2) is 58.8 Å². The van der Waals surface area contributed by atoms with Crippen molar-refractivity contribution in [3.63, 3.8) is 0 Å². The first kappa shape index (κ1) is 14.1. The summed E-state index contributed by atoms with van der Waals surface area (Å²) in [4.78, 5) is 33.8. The number of nitroso groups, excluding NO2 is 1. The molecule has 0 saturated carbocycles. The first-order valence-corrected chi connectivity index (χ1v) is 5.83. The Balaban J connectivity index is 2.11. The van der Waals surface area contributed by atoms with Gasteiger partial charge in [0.1, 0.15) is 11.4 Å². The Morgan fingerprint density at radius 3 is 2.43 bits per heavy atom. The number of carbonyl (C=O) groups excluding carboxylic acids is 1. The number of nitrogens with zero attached hydrogens (tertiary/aromatic N) is 2. The van der Waals surface area contributed by atoms with E-state index >= 15 is 0 Å². The van der Waals surface area contributed by atoms with E-state index in [1.54, 1.807) is 0 Å². The van der Waals surface area contributed by atoms with Gasteiger partial charge in [-0.1, -0.05) is 0 Å². The maximum Gasteiger partial charge on any atom is 0.270 e. The lowest BCUT2D eigenvalue weighted by Crippen LogP contribution is -2.32. The molecule has 0 bridgehead atoms. The number of anilines is 1. The molecule has 8 heteroatoms. The molecule has 2 N–H and O–H groups in total. The first-order valence-electron chi connectivity index (χ1n) is 5.83. The van der Waals surface area contributed by atoms with Gasteiger partial charge in [-0.25, -0.2) is 0 Å². The summed E-state index contributed by atoms with van der Waals surface area (Å²) in [7, 11) is 0. The van der Waals surface area contributed by atoms with Crippen molar-refractivity contribution < 1.29 is 9.52 Å². The number of rotatable bonds is 4. The van der Waals surface area contributed by atoms with Crippen LogP contribution in [0.5, 0.6) is 0 Å². The number of pyridine rings is 1. The molecule has 1 amide bonds. The molecule has 0 fully saturated rings. The molecule has 1 heterocycles. The highest BCUT2D eigenvalue weighted by Gasteiger charge is 2.06. The highest BCUT2D eigenvalue weighted by Crippen LogP contribution is 2.09. The molecule has 0 aliphatic rings. The topological polar surface area (TPSA) is 115 Å². The van der Waals surface area contributed by atoms with Crippen LogP contribution >= 0.6 is 0 Å². The summed E-state index contributed by atoms with van der Waals surface area (Å²) in [6, 6.07) is 7.77. The zero-order valence-corrected chi connectivity index (χ0v) is 10.6.